The summed E-state index contributed by atoms with van der Waals surface area (Å²) in [6.07, 6.45) is 2.34. The molecule has 2 N–H and O–H groups in total. The lowest BCUT2D eigenvalue weighted by Gasteiger charge is -2.40. The molecule has 0 aromatic heterocycles. The van der Waals surface area contributed by atoms with E-state index in [2.05, 4.69) is 0 Å². The molecule has 21 heavy (non-hydrogen) atoms. The zero-order valence-corrected chi connectivity index (χ0v) is 12.9. The summed E-state index contributed by atoms with van der Waals surface area (Å²) in [4.78, 5) is 12.1. The highest BCUT2D eigenvalue weighted by Gasteiger charge is 2.47. The third kappa shape index (κ3) is 2.73. The van der Waals surface area contributed by atoms with E-state index in [0.29, 0.717) is 13.1 Å². The number of aliphatic hydroxyl groups is 2. The Morgan fingerprint density at radius 2 is 2.24 bits per heavy atom. The molecule has 0 bridgehead atoms. The van der Waals surface area contributed by atoms with E-state index >= 15 is 0 Å². The summed E-state index contributed by atoms with van der Waals surface area (Å²) < 4.78 is 4.96. The van der Waals surface area contributed by atoms with Gasteiger partial charge >= 0.3 is 5.97 Å². The second-order valence-electron chi connectivity index (χ2n) is 6.53. The van der Waals surface area contributed by atoms with Crippen LogP contribution in [0.1, 0.15) is 33.6 Å². The summed E-state index contributed by atoms with van der Waals surface area (Å²) in [5, 5.41) is 32.4. The summed E-state index contributed by atoms with van der Waals surface area (Å²) >= 11 is 0. The summed E-state index contributed by atoms with van der Waals surface area (Å²) in [7, 11) is 0. The Balaban J connectivity index is 1.99. The molecule has 120 valence electrons. The van der Waals surface area contributed by atoms with Crippen LogP contribution in [0.3, 0.4) is 0 Å². The van der Waals surface area contributed by atoms with Crippen molar-refractivity contribution in [3.05, 3.63) is 16.9 Å². The Hall–Kier alpha value is -0.950. The minimum absolute atomic E-state index is 0.0213. The first-order valence-electron chi connectivity index (χ1n) is 7.56. The second-order valence-corrected chi connectivity index (χ2v) is 6.53. The highest BCUT2D eigenvalue weighted by molar-refractivity contribution is 5.80. The van der Waals surface area contributed by atoms with Crippen molar-refractivity contribution in [2.24, 2.45) is 5.92 Å². The van der Waals surface area contributed by atoms with Crippen molar-refractivity contribution in [1.82, 2.24) is 0 Å². The Morgan fingerprint density at radius 1 is 1.57 bits per heavy atom. The van der Waals surface area contributed by atoms with E-state index in [4.69, 9.17) is 4.74 Å². The molecule has 0 aromatic rings. The fourth-order valence-electron chi connectivity index (χ4n) is 3.37. The molecule has 0 radical (unpaired) electrons. The van der Waals surface area contributed by atoms with E-state index < -0.39 is 23.6 Å². The molecule has 2 heterocycles. The van der Waals surface area contributed by atoms with Crippen molar-refractivity contribution in [1.29, 1.82) is 0 Å². The van der Waals surface area contributed by atoms with Crippen LogP contribution in [0.15, 0.2) is 11.6 Å². The van der Waals surface area contributed by atoms with E-state index in [1.54, 1.807) is 13.8 Å². The van der Waals surface area contributed by atoms with Crippen LogP contribution in [0.5, 0.6) is 0 Å². The van der Waals surface area contributed by atoms with E-state index in [1.807, 2.05) is 6.08 Å². The van der Waals surface area contributed by atoms with Crippen LogP contribution in [0.25, 0.3) is 0 Å². The Kier molecular flexibility index (Phi) is 4.44. The maximum Gasteiger partial charge on any atom is 0.341 e. The van der Waals surface area contributed by atoms with Crippen LogP contribution < -0.4 is 0 Å². The van der Waals surface area contributed by atoms with Crippen molar-refractivity contribution < 1.29 is 24.4 Å². The number of rotatable bonds is 5. The average molecular weight is 299 g/mol. The highest BCUT2D eigenvalue weighted by Crippen LogP contribution is 2.36. The number of esters is 1. The summed E-state index contributed by atoms with van der Waals surface area (Å²) in [6.45, 7) is 5.74. The highest BCUT2D eigenvalue weighted by atomic mass is 16.6. The topological polar surface area (TPSA) is 89.8 Å². The fourth-order valence-corrected chi connectivity index (χ4v) is 3.37. The minimum Gasteiger partial charge on any atom is -0.632 e. The summed E-state index contributed by atoms with van der Waals surface area (Å²) in [6, 6.07) is -0.114. The summed E-state index contributed by atoms with van der Waals surface area (Å²) in [5.74, 6) is -1.30. The number of hydroxylamine groups is 3. The number of carbonyl (C=O) groups excluding carboxylic acids is 1. The SMILES string of the molecule is CC(C)[C@@](O)(C(=O)OCC1=CC[N@@+]2([O-])CCC[C@@H]12)[C@@H](C)O. The number of ether oxygens (including phenoxy) is 1. The summed E-state index contributed by atoms with van der Waals surface area (Å²) in [5.41, 5.74) is -1.08. The fraction of sp³-hybridized carbons (Fsp3) is 0.800. The van der Waals surface area contributed by atoms with Crippen LogP contribution in [-0.4, -0.2) is 58.3 Å². The van der Waals surface area contributed by atoms with Gasteiger partial charge in [-0.1, -0.05) is 13.8 Å². The van der Waals surface area contributed by atoms with Crippen molar-refractivity contribution >= 4 is 5.97 Å². The number of hydrogen-bond acceptors (Lipinski definition) is 5. The predicted octanol–water partition coefficient (Wildman–Crippen LogP) is 0.714. The number of hydrogen-bond donors (Lipinski definition) is 2. The molecule has 1 fully saturated rings. The van der Waals surface area contributed by atoms with Crippen molar-refractivity contribution in [2.75, 3.05) is 19.7 Å². The van der Waals surface area contributed by atoms with Gasteiger partial charge in [-0.25, -0.2) is 4.79 Å². The normalized spacial score (nSPS) is 32.5. The Labute approximate surface area is 125 Å². The first-order valence-corrected chi connectivity index (χ1v) is 7.56. The molecule has 0 aliphatic carbocycles. The Bertz CT molecular complexity index is 437. The van der Waals surface area contributed by atoms with Gasteiger partial charge < -0.3 is 24.8 Å². The van der Waals surface area contributed by atoms with Crippen LogP contribution >= 0.6 is 0 Å². The van der Waals surface area contributed by atoms with Gasteiger partial charge in [0.1, 0.15) is 12.6 Å². The van der Waals surface area contributed by atoms with Gasteiger partial charge in [-0.15, -0.1) is 0 Å². The second kappa shape index (κ2) is 5.68. The van der Waals surface area contributed by atoms with Crippen LogP contribution in [0.2, 0.25) is 0 Å². The van der Waals surface area contributed by atoms with E-state index in [1.165, 1.54) is 6.92 Å². The molecule has 4 atom stereocenters. The zero-order valence-electron chi connectivity index (χ0n) is 12.9. The van der Waals surface area contributed by atoms with Gasteiger partial charge in [0.25, 0.3) is 0 Å². The van der Waals surface area contributed by atoms with Crippen LogP contribution in [0, 0.1) is 11.1 Å². The standard InChI is InChI=1S/C15H25NO5/c1-10(2)15(19,11(3)17)14(18)21-9-12-6-8-16(20)7-4-5-13(12)16/h6,10-11,13,17,19H,4-5,7-9H2,1-3H3/t11-,13+,15+,16+/m1/s1. The number of fused-ring (bicyclic) bond motifs is 1. The van der Waals surface area contributed by atoms with Gasteiger partial charge in [0.2, 0.25) is 0 Å². The lowest BCUT2D eigenvalue weighted by molar-refractivity contribution is -0.875. The maximum absolute atomic E-state index is 12.4. The molecule has 0 unspecified atom stereocenters. The predicted molar refractivity (Wildman–Crippen MR) is 76.9 cm³/mol. The van der Waals surface area contributed by atoms with Crippen LogP contribution in [0.4, 0.5) is 0 Å². The van der Waals surface area contributed by atoms with Gasteiger partial charge in [-0.3, -0.25) is 0 Å². The first kappa shape index (κ1) is 16.4. The third-order valence-corrected chi connectivity index (χ3v) is 4.89. The number of quaternary nitrogens is 1. The van der Waals surface area contributed by atoms with E-state index in [-0.39, 0.29) is 17.3 Å². The molecule has 0 amide bonds. The van der Waals surface area contributed by atoms with Crippen molar-refractivity contribution in [3.63, 3.8) is 0 Å². The number of carbonyl (C=O) groups is 1. The van der Waals surface area contributed by atoms with E-state index in [9.17, 15) is 20.2 Å². The molecule has 2 rings (SSSR count). The maximum atomic E-state index is 12.4. The number of nitrogens with zero attached hydrogens (tertiary/aromatic N) is 1. The van der Waals surface area contributed by atoms with Gasteiger partial charge in [0.05, 0.1) is 19.2 Å². The van der Waals surface area contributed by atoms with Crippen molar-refractivity contribution in [3.8, 4) is 0 Å². The van der Waals surface area contributed by atoms with E-state index in [0.717, 1.165) is 18.4 Å². The number of aliphatic hydroxyl groups excluding tert-OH is 1. The smallest absolute Gasteiger partial charge is 0.341 e. The molecule has 1 saturated heterocycles. The molecule has 0 saturated carbocycles. The first-order chi connectivity index (χ1) is 9.71. The zero-order chi connectivity index (χ0) is 15.8. The van der Waals surface area contributed by atoms with Gasteiger partial charge in [0.15, 0.2) is 5.60 Å². The molecule has 2 aliphatic heterocycles. The monoisotopic (exact) mass is 299 g/mol. The molecular formula is C15H25NO5. The lowest BCUT2D eigenvalue weighted by Crippen LogP contribution is -2.53. The lowest BCUT2D eigenvalue weighted by atomic mass is 9.85. The van der Waals surface area contributed by atoms with Crippen molar-refractivity contribution in [2.45, 2.75) is 51.4 Å². The molecule has 2 aliphatic rings. The third-order valence-electron chi connectivity index (χ3n) is 4.89. The molecule has 6 nitrogen and oxygen atoms in total. The molecule has 6 heteroatoms. The average Bonchev–Trinajstić information content (AvgIpc) is 2.91. The van der Waals surface area contributed by atoms with Gasteiger partial charge in [-0.2, -0.15) is 0 Å². The quantitative estimate of drug-likeness (QED) is 0.338. The largest absolute Gasteiger partial charge is 0.632 e. The van der Waals surface area contributed by atoms with Gasteiger partial charge in [-0.05, 0) is 18.9 Å². The molecule has 0 aromatic carbocycles. The van der Waals surface area contributed by atoms with Crippen LogP contribution in [-0.2, 0) is 9.53 Å². The van der Waals surface area contributed by atoms with Gasteiger partial charge in [0, 0.05) is 18.4 Å². The Morgan fingerprint density at radius 3 is 2.81 bits per heavy atom. The molecular weight excluding hydrogens is 274 g/mol. The minimum atomic E-state index is -1.92. The molecule has 0 spiro atoms.